The molecule has 0 saturated heterocycles. The summed E-state index contributed by atoms with van der Waals surface area (Å²) < 4.78 is 0. The molecule has 0 saturated carbocycles. The van der Waals surface area contributed by atoms with E-state index < -0.39 is 4.92 Å². The highest BCUT2D eigenvalue weighted by Crippen LogP contribution is 2.55. The molecule has 3 aliphatic carbocycles. The molecule has 0 heterocycles. The second-order valence-corrected chi connectivity index (χ2v) is 8.15. The summed E-state index contributed by atoms with van der Waals surface area (Å²) in [5.41, 5.74) is 5.98. The topological polar surface area (TPSA) is 72.2 Å². The maximum atomic E-state index is 12.6. The van der Waals surface area contributed by atoms with E-state index in [9.17, 15) is 14.9 Å². The summed E-state index contributed by atoms with van der Waals surface area (Å²) >= 11 is 0. The molecule has 0 fully saturated rings. The molecule has 5 nitrogen and oxygen atoms in total. The highest BCUT2D eigenvalue weighted by atomic mass is 16.6. The fourth-order valence-corrected chi connectivity index (χ4v) is 5.28. The van der Waals surface area contributed by atoms with Gasteiger partial charge in [0.1, 0.15) is 0 Å². The largest absolute Gasteiger partial charge is 0.355 e. The molecule has 150 valence electrons. The number of nitro groups is 1. The number of para-hydroxylation sites is 1. The minimum atomic E-state index is -0.434. The quantitative estimate of drug-likeness (QED) is 0.506. The van der Waals surface area contributed by atoms with E-state index >= 15 is 0 Å². The number of nitro benzene ring substituents is 1. The van der Waals surface area contributed by atoms with Gasteiger partial charge in [-0.05, 0) is 34.6 Å². The zero-order valence-corrected chi connectivity index (χ0v) is 16.5. The van der Waals surface area contributed by atoms with Crippen LogP contribution in [-0.4, -0.2) is 17.4 Å². The summed E-state index contributed by atoms with van der Waals surface area (Å²) in [5, 5.41) is 14.3. The van der Waals surface area contributed by atoms with Crippen molar-refractivity contribution in [3.63, 3.8) is 0 Å². The van der Waals surface area contributed by atoms with Gasteiger partial charge in [0.25, 0.3) is 5.69 Å². The van der Waals surface area contributed by atoms with Crippen LogP contribution in [0.5, 0.6) is 0 Å². The monoisotopic (exact) mass is 398 g/mol. The van der Waals surface area contributed by atoms with Crippen molar-refractivity contribution >= 4 is 11.6 Å². The second-order valence-electron chi connectivity index (χ2n) is 8.15. The molecule has 5 heteroatoms. The molecule has 30 heavy (non-hydrogen) atoms. The Hall–Kier alpha value is -3.47. The van der Waals surface area contributed by atoms with Crippen LogP contribution in [0.3, 0.4) is 0 Å². The number of nitrogens with zero attached hydrogens (tertiary/aromatic N) is 1. The van der Waals surface area contributed by atoms with Gasteiger partial charge in [-0.1, -0.05) is 66.7 Å². The summed E-state index contributed by atoms with van der Waals surface area (Å²) in [6.07, 6.45) is 1.02. The first-order valence-electron chi connectivity index (χ1n) is 10.3. The van der Waals surface area contributed by atoms with Gasteiger partial charge in [-0.2, -0.15) is 0 Å². The Balaban J connectivity index is 1.35. The van der Waals surface area contributed by atoms with Crippen LogP contribution in [0.2, 0.25) is 0 Å². The van der Waals surface area contributed by atoms with E-state index in [4.69, 9.17) is 0 Å². The first-order chi connectivity index (χ1) is 14.6. The predicted molar refractivity (Wildman–Crippen MR) is 114 cm³/mol. The third-order valence-electron chi connectivity index (χ3n) is 6.52. The summed E-state index contributed by atoms with van der Waals surface area (Å²) in [5.74, 6) is 0.773. The Morgan fingerprint density at radius 3 is 2.10 bits per heavy atom. The van der Waals surface area contributed by atoms with Crippen molar-refractivity contribution in [1.82, 2.24) is 5.32 Å². The van der Waals surface area contributed by atoms with E-state index in [2.05, 4.69) is 53.8 Å². The van der Waals surface area contributed by atoms with Crippen molar-refractivity contribution in [1.29, 1.82) is 0 Å². The van der Waals surface area contributed by atoms with Gasteiger partial charge in [-0.25, -0.2) is 0 Å². The molecule has 1 atom stereocenters. The molecular weight excluding hydrogens is 376 g/mol. The van der Waals surface area contributed by atoms with Gasteiger partial charge < -0.3 is 5.32 Å². The Morgan fingerprint density at radius 1 is 0.900 bits per heavy atom. The number of rotatable bonds is 5. The molecule has 0 aliphatic heterocycles. The molecule has 1 unspecified atom stereocenters. The lowest BCUT2D eigenvalue weighted by atomic mass is 9.59. The molecule has 1 amide bonds. The van der Waals surface area contributed by atoms with Crippen LogP contribution < -0.4 is 5.32 Å². The van der Waals surface area contributed by atoms with Crippen molar-refractivity contribution in [2.24, 2.45) is 5.92 Å². The number of carbonyl (C=O) groups excluding carboxylic acids is 1. The second kappa shape index (κ2) is 7.41. The molecule has 3 aromatic carbocycles. The summed E-state index contributed by atoms with van der Waals surface area (Å²) in [6, 6.07) is 23.7. The first kappa shape index (κ1) is 18.6. The van der Waals surface area contributed by atoms with E-state index in [1.807, 2.05) is 0 Å². The van der Waals surface area contributed by atoms with Gasteiger partial charge in [0.15, 0.2) is 0 Å². The predicted octanol–water partition coefficient (Wildman–Crippen LogP) is 4.55. The number of amides is 1. The Labute approximate surface area is 174 Å². The summed E-state index contributed by atoms with van der Waals surface area (Å²) in [7, 11) is 0. The minimum absolute atomic E-state index is 0.00720. The van der Waals surface area contributed by atoms with Gasteiger partial charge >= 0.3 is 0 Å². The molecule has 0 spiro atoms. The van der Waals surface area contributed by atoms with Gasteiger partial charge in [0.2, 0.25) is 5.91 Å². The van der Waals surface area contributed by atoms with Crippen LogP contribution in [0.4, 0.5) is 5.69 Å². The number of benzene rings is 3. The third-order valence-corrected chi connectivity index (χ3v) is 6.52. The van der Waals surface area contributed by atoms with Crippen LogP contribution >= 0.6 is 0 Å². The van der Waals surface area contributed by atoms with Crippen molar-refractivity contribution in [3.8, 4) is 0 Å². The standard InChI is InChI=1S/C25H22N2O3/c28-24(14-16-7-1-6-12-23(16)27(29)30)26-15-17-13-22-18-8-2-4-10-20(18)25(17)21-11-5-3-9-19(21)22/h1-12,17,22,25H,13-15H2,(H,26,28). The molecule has 2 bridgehead atoms. The molecular formula is C25H22N2O3. The molecule has 6 rings (SSSR count). The van der Waals surface area contributed by atoms with Gasteiger partial charge in [0, 0.05) is 30.0 Å². The van der Waals surface area contributed by atoms with Crippen molar-refractivity contribution in [2.75, 3.05) is 6.54 Å². The number of fused-ring (bicyclic) bond motifs is 1. The summed E-state index contributed by atoms with van der Waals surface area (Å²) in [6.45, 7) is 0.573. The molecule has 1 N–H and O–H groups in total. The van der Waals surface area contributed by atoms with Crippen LogP contribution in [-0.2, 0) is 11.2 Å². The van der Waals surface area contributed by atoms with Crippen LogP contribution in [0, 0.1) is 16.0 Å². The van der Waals surface area contributed by atoms with Crippen LogP contribution in [0.1, 0.15) is 46.1 Å². The van der Waals surface area contributed by atoms with E-state index in [1.54, 1.807) is 18.2 Å². The lowest BCUT2D eigenvalue weighted by Crippen LogP contribution is -2.39. The van der Waals surface area contributed by atoms with E-state index in [0.717, 1.165) is 6.42 Å². The maximum Gasteiger partial charge on any atom is 0.273 e. The van der Waals surface area contributed by atoms with Crippen LogP contribution in [0.25, 0.3) is 0 Å². The minimum Gasteiger partial charge on any atom is -0.355 e. The highest BCUT2D eigenvalue weighted by molar-refractivity contribution is 5.79. The lowest BCUT2D eigenvalue weighted by Gasteiger charge is -2.45. The smallest absolute Gasteiger partial charge is 0.273 e. The van der Waals surface area contributed by atoms with Gasteiger partial charge in [-0.3, -0.25) is 14.9 Å². The SMILES string of the molecule is O=C(Cc1ccccc1[N+](=O)[O-])NCC1CC2c3ccccc3C1c1ccccc12. The maximum absolute atomic E-state index is 12.6. The number of hydrogen-bond acceptors (Lipinski definition) is 3. The molecule has 3 aliphatic rings. The Bertz CT molecular complexity index is 1090. The fraction of sp³-hybridized carbons (Fsp3) is 0.240. The molecule has 0 radical (unpaired) electrons. The average molecular weight is 398 g/mol. The average Bonchev–Trinajstić information content (AvgIpc) is 2.78. The van der Waals surface area contributed by atoms with Crippen LogP contribution in [0.15, 0.2) is 72.8 Å². The third kappa shape index (κ3) is 3.07. The zero-order valence-electron chi connectivity index (χ0n) is 16.5. The molecule has 0 aromatic heterocycles. The number of nitrogens with one attached hydrogen (secondary N) is 1. The number of carbonyl (C=O) groups is 1. The lowest BCUT2D eigenvalue weighted by molar-refractivity contribution is -0.385. The number of hydrogen-bond donors (Lipinski definition) is 1. The Kier molecular flexibility index (Phi) is 4.58. The fourth-order valence-electron chi connectivity index (χ4n) is 5.28. The Morgan fingerprint density at radius 2 is 1.47 bits per heavy atom. The summed E-state index contributed by atoms with van der Waals surface area (Å²) in [4.78, 5) is 23.4. The van der Waals surface area contributed by atoms with Gasteiger partial charge in [0.05, 0.1) is 11.3 Å². The van der Waals surface area contributed by atoms with Crippen molar-refractivity contribution in [3.05, 3.63) is 111 Å². The zero-order chi connectivity index (χ0) is 20.7. The normalized spacial score (nSPS) is 20.9. The van der Waals surface area contributed by atoms with E-state index in [-0.39, 0.29) is 23.9 Å². The van der Waals surface area contributed by atoms with Gasteiger partial charge in [-0.15, -0.1) is 0 Å². The van der Waals surface area contributed by atoms with Crippen molar-refractivity contribution < 1.29 is 9.72 Å². The van der Waals surface area contributed by atoms with Crippen molar-refractivity contribution in [2.45, 2.75) is 24.7 Å². The highest BCUT2D eigenvalue weighted by Gasteiger charge is 2.42. The van der Waals surface area contributed by atoms with E-state index in [1.165, 1.54) is 28.3 Å². The van der Waals surface area contributed by atoms with E-state index in [0.29, 0.717) is 23.9 Å². The molecule has 3 aromatic rings. The first-order valence-corrected chi connectivity index (χ1v) is 10.3.